The first-order valence-corrected chi connectivity index (χ1v) is 4.80. The van der Waals surface area contributed by atoms with Crippen molar-refractivity contribution in [3.63, 3.8) is 0 Å². The molecule has 1 atom stereocenters. The van der Waals surface area contributed by atoms with Crippen LogP contribution in [0.5, 0.6) is 0 Å². The lowest BCUT2D eigenvalue weighted by atomic mass is 9.88. The second-order valence-electron chi connectivity index (χ2n) is 4.25. The molecule has 0 amide bonds. The van der Waals surface area contributed by atoms with E-state index in [2.05, 4.69) is 0 Å². The first-order valence-electron chi connectivity index (χ1n) is 4.80. The minimum atomic E-state index is 0.235. The Hall–Kier alpha value is -0.370. The first-order chi connectivity index (χ1) is 5.59. The van der Waals surface area contributed by atoms with Crippen molar-refractivity contribution < 1.29 is 4.79 Å². The second-order valence-corrected chi connectivity index (χ2v) is 4.25. The predicted octanol–water partition coefficient (Wildman–Crippen LogP) is 1.73. The van der Waals surface area contributed by atoms with Crippen molar-refractivity contribution in [2.45, 2.75) is 39.5 Å². The molecule has 0 radical (unpaired) electrons. The third-order valence-corrected chi connectivity index (χ3v) is 3.06. The Bertz CT molecular complexity index is 173. The summed E-state index contributed by atoms with van der Waals surface area (Å²) in [4.78, 5) is 11.0. The molecule has 0 aliphatic heterocycles. The first kappa shape index (κ1) is 9.72. The maximum Gasteiger partial charge on any atom is 0.132 e. The molecular formula is C10H19NO. The number of hydrogen-bond acceptors (Lipinski definition) is 2. The van der Waals surface area contributed by atoms with Gasteiger partial charge in [-0.25, -0.2) is 0 Å². The predicted molar refractivity (Wildman–Crippen MR) is 49.8 cm³/mol. The van der Waals surface area contributed by atoms with Gasteiger partial charge in [0.15, 0.2) is 0 Å². The Morgan fingerprint density at radius 1 is 1.58 bits per heavy atom. The van der Waals surface area contributed by atoms with Crippen molar-refractivity contribution in [2.24, 2.45) is 17.1 Å². The molecule has 2 heteroatoms. The van der Waals surface area contributed by atoms with Crippen molar-refractivity contribution in [3.05, 3.63) is 0 Å². The van der Waals surface area contributed by atoms with Crippen molar-refractivity contribution in [3.8, 4) is 0 Å². The summed E-state index contributed by atoms with van der Waals surface area (Å²) in [5.41, 5.74) is 5.98. The van der Waals surface area contributed by atoms with E-state index in [9.17, 15) is 4.79 Å². The zero-order valence-corrected chi connectivity index (χ0v) is 8.10. The van der Waals surface area contributed by atoms with Crippen molar-refractivity contribution in [1.29, 1.82) is 0 Å². The Morgan fingerprint density at radius 3 is 2.50 bits per heavy atom. The molecule has 1 saturated carbocycles. The number of nitrogens with two attached hydrogens (primary N) is 1. The van der Waals surface area contributed by atoms with Gasteiger partial charge < -0.3 is 5.73 Å². The molecule has 0 unspecified atom stereocenters. The quantitative estimate of drug-likeness (QED) is 0.681. The van der Waals surface area contributed by atoms with Crippen molar-refractivity contribution >= 4 is 5.78 Å². The molecule has 0 bridgehead atoms. The van der Waals surface area contributed by atoms with Crippen LogP contribution < -0.4 is 5.73 Å². The highest BCUT2D eigenvalue weighted by Gasteiger charge is 2.42. The van der Waals surface area contributed by atoms with Crippen LogP contribution in [0.15, 0.2) is 0 Å². The molecule has 0 heterocycles. The van der Waals surface area contributed by atoms with Crippen LogP contribution in [0.3, 0.4) is 0 Å². The lowest BCUT2D eigenvalue weighted by Gasteiger charge is -2.17. The molecule has 1 aliphatic carbocycles. The van der Waals surface area contributed by atoms with Crippen LogP contribution >= 0.6 is 0 Å². The summed E-state index contributed by atoms with van der Waals surface area (Å²) in [5.74, 6) is 0.553. The van der Waals surface area contributed by atoms with E-state index >= 15 is 0 Å². The Kier molecular flexibility index (Phi) is 2.89. The van der Waals surface area contributed by atoms with Gasteiger partial charge in [-0.2, -0.15) is 0 Å². The molecule has 0 aromatic heterocycles. The highest BCUT2D eigenvalue weighted by atomic mass is 16.1. The third-order valence-electron chi connectivity index (χ3n) is 3.06. The average molecular weight is 169 g/mol. The van der Waals surface area contributed by atoms with E-state index < -0.39 is 0 Å². The fraction of sp³-hybridized carbons (Fsp3) is 0.900. The smallest absolute Gasteiger partial charge is 0.132 e. The molecule has 1 aliphatic rings. The van der Waals surface area contributed by atoms with Gasteiger partial charge in [0.05, 0.1) is 0 Å². The number of hydrogen-bond donors (Lipinski definition) is 1. The summed E-state index contributed by atoms with van der Waals surface area (Å²) in [6.45, 7) is 4.48. The Balaban J connectivity index is 2.34. The largest absolute Gasteiger partial charge is 0.330 e. The maximum atomic E-state index is 11.0. The number of carbonyl (C=O) groups is 1. The molecule has 12 heavy (non-hydrogen) atoms. The zero-order chi connectivity index (χ0) is 9.19. The number of carbonyl (C=O) groups excluding carboxylic acids is 1. The monoisotopic (exact) mass is 169 g/mol. The van der Waals surface area contributed by atoms with Gasteiger partial charge in [-0.15, -0.1) is 0 Å². The summed E-state index contributed by atoms with van der Waals surface area (Å²) in [6.07, 6.45) is 4.72. The third kappa shape index (κ3) is 2.31. The van der Waals surface area contributed by atoms with Crippen LogP contribution in [-0.4, -0.2) is 12.3 Å². The van der Waals surface area contributed by atoms with Crippen LogP contribution in [0.1, 0.15) is 39.5 Å². The number of ketones is 1. The number of rotatable bonds is 5. The van der Waals surface area contributed by atoms with Gasteiger partial charge in [0.2, 0.25) is 0 Å². The maximum absolute atomic E-state index is 11.0. The molecule has 1 fully saturated rings. The fourth-order valence-electron chi connectivity index (χ4n) is 1.83. The van der Waals surface area contributed by atoms with Crippen LogP contribution in [0.25, 0.3) is 0 Å². The standard InChI is InChI=1S/C10H19NO/c1-8(9(2)12)7-10(3-4-10)5-6-11/h8H,3-7,11H2,1-2H3/t8-/m1/s1. The van der Waals surface area contributed by atoms with Crippen LogP contribution in [-0.2, 0) is 4.79 Å². The van der Waals surface area contributed by atoms with E-state index in [0.717, 1.165) is 19.4 Å². The minimum absolute atomic E-state index is 0.235. The zero-order valence-electron chi connectivity index (χ0n) is 8.10. The molecule has 1 rings (SSSR count). The molecule has 0 spiro atoms. The molecule has 0 aromatic carbocycles. The van der Waals surface area contributed by atoms with Gasteiger partial charge in [0.25, 0.3) is 0 Å². The molecule has 70 valence electrons. The van der Waals surface area contributed by atoms with Gasteiger partial charge >= 0.3 is 0 Å². The van der Waals surface area contributed by atoms with E-state index in [1.807, 2.05) is 6.92 Å². The van der Waals surface area contributed by atoms with E-state index in [1.165, 1.54) is 12.8 Å². The molecule has 2 nitrogen and oxygen atoms in total. The Morgan fingerprint density at radius 2 is 2.17 bits per heavy atom. The highest BCUT2D eigenvalue weighted by Crippen LogP contribution is 2.53. The molecular weight excluding hydrogens is 150 g/mol. The van der Waals surface area contributed by atoms with E-state index in [1.54, 1.807) is 6.92 Å². The summed E-state index contributed by atoms with van der Waals surface area (Å²) in [5, 5.41) is 0. The van der Waals surface area contributed by atoms with Gasteiger partial charge in [-0.3, -0.25) is 4.79 Å². The summed E-state index contributed by atoms with van der Waals surface area (Å²) < 4.78 is 0. The van der Waals surface area contributed by atoms with E-state index in [4.69, 9.17) is 5.73 Å². The highest BCUT2D eigenvalue weighted by molar-refractivity contribution is 5.77. The van der Waals surface area contributed by atoms with Crippen LogP contribution in [0, 0.1) is 11.3 Å². The fourth-order valence-corrected chi connectivity index (χ4v) is 1.83. The summed E-state index contributed by atoms with van der Waals surface area (Å²) in [6, 6.07) is 0. The second kappa shape index (κ2) is 3.56. The lowest BCUT2D eigenvalue weighted by Crippen LogP contribution is -2.16. The van der Waals surface area contributed by atoms with Crippen molar-refractivity contribution in [1.82, 2.24) is 0 Å². The van der Waals surface area contributed by atoms with Crippen LogP contribution in [0.2, 0.25) is 0 Å². The van der Waals surface area contributed by atoms with Crippen molar-refractivity contribution in [2.75, 3.05) is 6.54 Å². The normalized spacial score (nSPS) is 21.9. The Labute approximate surface area is 74.5 Å². The number of Topliss-reactive ketones (excluding diaryl/α,β-unsaturated/α-hetero) is 1. The summed E-state index contributed by atoms with van der Waals surface area (Å²) >= 11 is 0. The van der Waals surface area contributed by atoms with Crippen LogP contribution in [0.4, 0.5) is 0 Å². The summed E-state index contributed by atoms with van der Waals surface area (Å²) in [7, 11) is 0. The molecule has 2 N–H and O–H groups in total. The topological polar surface area (TPSA) is 43.1 Å². The lowest BCUT2D eigenvalue weighted by molar-refractivity contribution is -0.120. The van der Waals surface area contributed by atoms with E-state index in [0.29, 0.717) is 11.2 Å². The SMILES string of the molecule is CC(=O)[C@H](C)CC1(CCN)CC1. The minimum Gasteiger partial charge on any atom is -0.330 e. The molecule has 0 saturated heterocycles. The average Bonchev–Trinajstić information content (AvgIpc) is 2.69. The van der Waals surface area contributed by atoms with Gasteiger partial charge in [0, 0.05) is 5.92 Å². The molecule has 0 aromatic rings. The van der Waals surface area contributed by atoms with Gasteiger partial charge in [0.1, 0.15) is 5.78 Å². The van der Waals surface area contributed by atoms with Gasteiger partial charge in [-0.05, 0) is 44.6 Å². The van der Waals surface area contributed by atoms with E-state index in [-0.39, 0.29) is 5.92 Å². The van der Waals surface area contributed by atoms with Gasteiger partial charge in [-0.1, -0.05) is 6.92 Å².